The highest BCUT2D eigenvalue weighted by atomic mass is 35.5. The van der Waals surface area contributed by atoms with Crippen LogP contribution >= 0.6 is 23.4 Å². The molecule has 154 valence electrons. The summed E-state index contributed by atoms with van der Waals surface area (Å²) in [7, 11) is 1.66. The predicted octanol–water partition coefficient (Wildman–Crippen LogP) is 4.48. The minimum Gasteiger partial charge on any atom is -0.312 e. The Labute approximate surface area is 180 Å². The number of halogens is 3. The maximum absolute atomic E-state index is 14.4. The minimum atomic E-state index is -1.07. The molecule has 3 aromatic rings. The van der Waals surface area contributed by atoms with Crippen LogP contribution in [0.25, 0.3) is 0 Å². The largest absolute Gasteiger partial charge is 0.312 e. The van der Waals surface area contributed by atoms with Crippen molar-refractivity contribution in [2.24, 2.45) is 7.05 Å². The summed E-state index contributed by atoms with van der Waals surface area (Å²) in [6.45, 7) is 0. The Morgan fingerprint density at radius 3 is 2.77 bits per heavy atom. The number of anilines is 1. The number of benzene rings is 2. The Morgan fingerprint density at radius 2 is 2.00 bits per heavy atom. The smallest absolute Gasteiger partial charge is 0.279 e. The van der Waals surface area contributed by atoms with E-state index in [1.54, 1.807) is 17.7 Å². The van der Waals surface area contributed by atoms with E-state index in [9.17, 15) is 18.4 Å². The zero-order valence-corrected chi connectivity index (χ0v) is 17.4. The molecule has 30 heavy (non-hydrogen) atoms. The number of thioether (sulfide) groups is 1. The Kier molecular flexibility index (Phi) is 5.62. The van der Waals surface area contributed by atoms with Crippen LogP contribution in [-0.2, 0) is 17.6 Å². The molecular formula is C21H16ClF2N3O2S. The third kappa shape index (κ3) is 3.85. The topological polar surface area (TPSA) is 64.0 Å². The highest BCUT2D eigenvalue weighted by molar-refractivity contribution is 7.98. The maximum atomic E-state index is 14.4. The fraction of sp³-hybridized carbons (Fsp3) is 0.190. The number of fused-ring (bicyclic) bond motifs is 1. The number of carbonyl (C=O) groups excluding carboxylic acids is 1. The van der Waals surface area contributed by atoms with Crippen molar-refractivity contribution in [1.82, 2.24) is 9.55 Å². The van der Waals surface area contributed by atoms with E-state index in [4.69, 9.17) is 11.6 Å². The summed E-state index contributed by atoms with van der Waals surface area (Å²) >= 11 is 7.31. The summed E-state index contributed by atoms with van der Waals surface area (Å²) in [5.41, 5.74) is 0.478. The van der Waals surface area contributed by atoms with Crippen LogP contribution in [0.5, 0.6) is 0 Å². The van der Waals surface area contributed by atoms with Gasteiger partial charge in [0.1, 0.15) is 5.82 Å². The Balaban J connectivity index is 1.75. The SMILES string of the molecule is Cn1c(SCc2cccc(Cl)c2)nc(=O)c2c1NC(=O)C[C@H]2c1cccc(F)c1F. The number of hydrogen-bond acceptors (Lipinski definition) is 4. The first-order chi connectivity index (χ1) is 14.3. The van der Waals surface area contributed by atoms with Crippen molar-refractivity contribution in [2.45, 2.75) is 23.2 Å². The Bertz CT molecular complexity index is 1220. The average Bonchev–Trinajstić information content (AvgIpc) is 2.71. The first-order valence-electron chi connectivity index (χ1n) is 9.07. The van der Waals surface area contributed by atoms with Gasteiger partial charge in [-0.3, -0.25) is 9.59 Å². The molecule has 0 saturated carbocycles. The second kappa shape index (κ2) is 8.20. The number of rotatable bonds is 4. The van der Waals surface area contributed by atoms with Gasteiger partial charge in [-0.05, 0) is 29.3 Å². The second-order valence-corrected chi connectivity index (χ2v) is 8.27. The summed E-state index contributed by atoms with van der Waals surface area (Å²) in [5.74, 6) is -2.64. The van der Waals surface area contributed by atoms with Crippen molar-refractivity contribution in [2.75, 3.05) is 5.32 Å². The highest BCUT2D eigenvalue weighted by Crippen LogP contribution is 2.37. The van der Waals surface area contributed by atoms with E-state index in [1.807, 2.05) is 18.2 Å². The fourth-order valence-electron chi connectivity index (χ4n) is 3.49. The minimum absolute atomic E-state index is 0.0377. The van der Waals surface area contributed by atoms with E-state index in [0.29, 0.717) is 15.9 Å². The third-order valence-electron chi connectivity index (χ3n) is 4.91. The molecule has 0 aliphatic carbocycles. The van der Waals surface area contributed by atoms with Crippen LogP contribution in [0.15, 0.2) is 52.4 Å². The molecule has 1 atom stereocenters. The summed E-state index contributed by atoms with van der Waals surface area (Å²) in [5, 5.41) is 3.68. The Hall–Kier alpha value is -2.71. The molecule has 1 aromatic heterocycles. The molecule has 0 radical (unpaired) electrons. The molecule has 2 aromatic carbocycles. The molecule has 0 fully saturated rings. The number of amides is 1. The lowest BCUT2D eigenvalue weighted by Crippen LogP contribution is -2.34. The van der Waals surface area contributed by atoms with E-state index >= 15 is 0 Å². The van der Waals surface area contributed by atoms with Gasteiger partial charge < -0.3 is 9.88 Å². The number of nitrogens with zero attached hydrogens (tertiary/aromatic N) is 2. The van der Waals surface area contributed by atoms with Gasteiger partial charge in [0.15, 0.2) is 16.8 Å². The quantitative estimate of drug-likeness (QED) is 0.473. The van der Waals surface area contributed by atoms with Crippen LogP contribution < -0.4 is 10.9 Å². The first kappa shape index (κ1) is 20.6. The van der Waals surface area contributed by atoms with Crippen molar-refractivity contribution in [3.8, 4) is 0 Å². The second-order valence-electron chi connectivity index (χ2n) is 6.89. The molecular weight excluding hydrogens is 432 g/mol. The van der Waals surface area contributed by atoms with E-state index in [-0.39, 0.29) is 29.3 Å². The van der Waals surface area contributed by atoms with Crippen molar-refractivity contribution in [1.29, 1.82) is 0 Å². The monoisotopic (exact) mass is 447 g/mol. The standard InChI is InChI=1S/C21H16ClF2N3O2S/c1-27-19-17(14(9-16(28)25-19)13-6-3-7-15(23)18(13)24)20(29)26-21(27)30-10-11-4-2-5-12(22)8-11/h2-8,14H,9-10H2,1H3,(H,25,28)/t14-/m0/s1. The highest BCUT2D eigenvalue weighted by Gasteiger charge is 2.34. The number of hydrogen-bond donors (Lipinski definition) is 1. The van der Waals surface area contributed by atoms with E-state index in [2.05, 4.69) is 10.3 Å². The number of aromatic nitrogens is 2. The number of carbonyl (C=O) groups is 1. The lowest BCUT2D eigenvalue weighted by atomic mass is 9.86. The van der Waals surface area contributed by atoms with Crippen LogP contribution in [0, 0.1) is 11.6 Å². The molecule has 0 bridgehead atoms. The van der Waals surface area contributed by atoms with E-state index in [1.165, 1.54) is 23.9 Å². The zero-order valence-electron chi connectivity index (χ0n) is 15.8. The van der Waals surface area contributed by atoms with E-state index < -0.39 is 23.1 Å². The van der Waals surface area contributed by atoms with Crippen LogP contribution in [-0.4, -0.2) is 15.5 Å². The van der Waals surface area contributed by atoms with Gasteiger partial charge in [-0.15, -0.1) is 0 Å². The molecule has 1 aliphatic rings. The average molecular weight is 448 g/mol. The molecule has 9 heteroatoms. The van der Waals surface area contributed by atoms with Crippen LogP contribution in [0.3, 0.4) is 0 Å². The van der Waals surface area contributed by atoms with Crippen LogP contribution in [0.4, 0.5) is 14.6 Å². The molecule has 2 heterocycles. The van der Waals surface area contributed by atoms with Gasteiger partial charge in [0.25, 0.3) is 5.56 Å². The van der Waals surface area contributed by atoms with Gasteiger partial charge in [-0.25, -0.2) is 8.78 Å². The predicted molar refractivity (Wildman–Crippen MR) is 112 cm³/mol. The van der Waals surface area contributed by atoms with E-state index in [0.717, 1.165) is 11.6 Å². The maximum Gasteiger partial charge on any atom is 0.279 e. The molecule has 5 nitrogen and oxygen atoms in total. The molecule has 4 rings (SSSR count). The summed E-state index contributed by atoms with van der Waals surface area (Å²) in [4.78, 5) is 29.3. The van der Waals surface area contributed by atoms with Crippen LogP contribution in [0.1, 0.15) is 29.0 Å². The van der Waals surface area contributed by atoms with Gasteiger partial charge in [0.2, 0.25) is 5.91 Å². The molecule has 1 N–H and O–H groups in total. The molecule has 0 spiro atoms. The molecule has 0 saturated heterocycles. The summed E-state index contributed by atoms with van der Waals surface area (Å²) < 4.78 is 29.8. The lowest BCUT2D eigenvalue weighted by Gasteiger charge is -2.27. The van der Waals surface area contributed by atoms with Gasteiger partial charge in [-0.2, -0.15) is 4.98 Å². The van der Waals surface area contributed by atoms with Crippen molar-refractivity contribution in [3.63, 3.8) is 0 Å². The molecule has 1 amide bonds. The number of nitrogens with one attached hydrogen (secondary N) is 1. The van der Waals surface area contributed by atoms with Crippen molar-refractivity contribution in [3.05, 3.63) is 86.2 Å². The lowest BCUT2D eigenvalue weighted by molar-refractivity contribution is -0.116. The summed E-state index contributed by atoms with van der Waals surface area (Å²) in [6.07, 6.45) is -0.167. The molecule has 0 unspecified atom stereocenters. The van der Waals surface area contributed by atoms with Gasteiger partial charge >= 0.3 is 0 Å². The first-order valence-corrected chi connectivity index (χ1v) is 10.4. The van der Waals surface area contributed by atoms with Crippen molar-refractivity contribution < 1.29 is 13.6 Å². The van der Waals surface area contributed by atoms with Gasteiger partial charge in [-0.1, -0.05) is 47.6 Å². The Morgan fingerprint density at radius 1 is 1.23 bits per heavy atom. The van der Waals surface area contributed by atoms with Gasteiger partial charge in [0.05, 0.1) is 5.56 Å². The van der Waals surface area contributed by atoms with Gasteiger partial charge in [0, 0.05) is 30.2 Å². The summed E-state index contributed by atoms with van der Waals surface area (Å²) in [6, 6.07) is 11.0. The van der Waals surface area contributed by atoms with Crippen molar-refractivity contribution >= 4 is 35.1 Å². The fourth-order valence-corrected chi connectivity index (χ4v) is 4.61. The molecule has 1 aliphatic heterocycles. The van der Waals surface area contributed by atoms with Crippen LogP contribution in [0.2, 0.25) is 5.02 Å². The zero-order chi connectivity index (χ0) is 21.4. The normalized spacial score (nSPS) is 15.6. The third-order valence-corrected chi connectivity index (χ3v) is 6.25.